The summed E-state index contributed by atoms with van der Waals surface area (Å²) >= 11 is 0. The minimum absolute atomic E-state index is 0.0981. The van der Waals surface area contributed by atoms with Crippen LogP contribution in [0.1, 0.15) is 88.2 Å². The fourth-order valence-electron chi connectivity index (χ4n) is 5.68. The molecule has 202 valence electrons. The molecule has 0 amide bonds. The molecule has 2 aliphatic carbocycles. The number of hydrogen-bond donors (Lipinski definition) is 0. The number of rotatable bonds is 8. The van der Waals surface area contributed by atoms with Gasteiger partial charge in [-0.05, 0) is 100 Å². The second kappa shape index (κ2) is 12.3. The zero-order valence-electron chi connectivity index (χ0n) is 21.3. The van der Waals surface area contributed by atoms with Gasteiger partial charge >= 0.3 is 5.97 Å². The SMILES string of the molecule is CCOc1ccc(C2CCC(C(=O)Oc3ccc(C4CCC(OCC)CC4)c(F)c3F)CC2)c(F)c1F. The van der Waals surface area contributed by atoms with E-state index >= 15 is 0 Å². The molecule has 0 aliphatic heterocycles. The molecule has 8 heteroatoms. The maximum absolute atomic E-state index is 14.9. The van der Waals surface area contributed by atoms with Crippen LogP contribution in [-0.2, 0) is 9.53 Å². The smallest absolute Gasteiger partial charge is 0.314 e. The zero-order valence-corrected chi connectivity index (χ0v) is 21.3. The molecule has 2 aromatic rings. The third-order valence-electron chi connectivity index (χ3n) is 7.68. The van der Waals surface area contributed by atoms with Crippen LogP contribution >= 0.6 is 0 Å². The third-order valence-corrected chi connectivity index (χ3v) is 7.68. The molecule has 37 heavy (non-hydrogen) atoms. The van der Waals surface area contributed by atoms with Crippen molar-refractivity contribution in [2.75, 3.05) is 13.2 Å². The summed E-state index contributed by atoms with van der Waals surface area (Å²) in [4.78, 5) is 12.7. The summed E-state index contributed by atoms with van der Waals surface area (Å²) in [6, 6.07) is 5.77. The van der Waals surface area contributed by atoms with Crippen LogP contribution in [0.3, 0.4) is 0 Å². The van der Waals surface area contributed by atoms with Crippen molar-refractivity contribution in [3.8, 4) is 11.5 Å². The molecule has 0 atom stereocenters. The number of hydrogen-bond acceptors (Lipinski definition) is 4. The second-order valence-corrected chi connectivity index (χ2v) is 9.89. The Kier molecular flexibility index (Phi) is 9.11. The van der Waals surface area contributed by atoms with Crippen LogP contribution < -0.4 is 9.47 Å². The predicted octanol–water partition coefficient (Wildman–Crippen LogP) is 7.58. The third kappa shape index (κ3) is 6.11. The van der Waals surface area contributed by atoms with Crippen molar-refractivity contribution in [2.24, 2.45) is 5.92 Å². The molecule has 0 aromatic heterocycles. The molecule has 0 heterocycles. The van der Waals surface area contributed by atoms with Crippen LogP contribution in [0, 0.1) is 29.2 Å². The first kappa shape index (κ1) is 27.4. The monoisotopic (exact) mass is 522 g/mol. The Bertz CT molecular complexity index is 1090. The first-order valence-corrected chi connectivity index (χ1v) is 13.3. The molecule has 2 saturated carbocycles. The lowest BCUT2D eigenvalue weighted by Crippen LogP contribution is -2.26. The average Bonchev–Trinajstić information content (AvgIpc) is 2.91. The van der Waals surface area contributed by atoms with Gasteiger partial charge in [-0.1, -0.05) is 12.1 Å². The Hall–Kier alpha value is -2.61. The van der Waals surface area contributed by atoms with E-state index in [2.05, 4.69) is 0 Å². The van der Waals surface area contributed by atoms with Gasteiger partial charge in [-0.15, -0.1) is 0 Å². The highest BCUT2D eigenvalue weighted by Gasteiger charge is 2.32. The Labute approximate surface area is 215 Å². The first-order valence-electron chi connectivity index (χ1n) is 13.3. The van der Waals surface area contributed by atoms with E-state index in [1.165, 1.54) is 24.3 Å². The molecule has 4 rings (SSSR count). The molecule has 4 nitrogen and oxygen atoms in total. The Morgan fingerprint density at radius 1 is 0.703 bits per heavy atom. The highest BCUT2D eigenvalue weighted by atomic mass is 19.2. The van der Waals surface area contributed by atoms with Gasteiger partial charge in [0, 0.05) is 6.61 Å². The van der Waals surface area contributed by atoms with Gasteiger partial charge in [0.25, 0.3) is 0 Å². The maximum atomic E-state index is 14.9. The fourth-order valence-corrected chi connectivity index (χ4v) is 5.68. The maximum Gasteiger partial charge on any atom is 0.314 e. The Morgan fingerprint density at radius 2 is 1.22 bits per heavy atom. The lowest BCUT2D eigenvalue weighted by molar-refractivity contribution is -0.140. The predicted molar refractivity (Wildman–Crippen MR) is 131 cm³/mol. The minimum atomic E-state index is -1.15. The molecule has 0 bridgehead atoms. The van der Waals surface area contributed by atoms with Crippen LogP contribution in [0.4, 0.5) is 17.6 Å². The Balaban J connectivity index is 1.35. The standard InChI is InChI=1S/C29H34F4O4/c1-3-35-20-11-9-18(10-12-20)22-14-16-24(28(33)26(22)31)37-29(34)19-7-5-17(6-8-19)21-13-15-23(36-4-2)27(32)25(21)30/h13-20H,3-12H2,1-2H3. The van der Waals surface area contributed by atoms with Crippen LogP contribution in [-0.4, -0.2) is 25.3 Å². The molecular weight excluding hydrogens is 488 g/mol. The van der Waals surface area contributed by atoms with E-state index in [4.69, 9.17) is 14.2 Å². The van der Waals surface area contributed by atoms with Crippen LogP contribution in [0.5, 0.6) is 11.5 Å². The minimum Gasteiger partial charge on any atom is -0.491 e. The molecule has 0 radical (unpaired) electrons. The highest BCUT2D eigenvalue weighted by molar-refractivity contribution is 5.75. The van der Waals surface area contributed by atoms with Gasteiger partial charge in [0.15, 0.2) is 23.1 Å². The summed E-state index contributed by atoms with van der Waals surface area (Å²) in [6.07, 6.45) is 4.83. The van der Waals surface area contributed by atoms with Crippen molar-refractivity contribution >= 4 is 5.97 Å². The van der Waals surface area contributed by atoms with Gasteiger partial charge in [-0.2, -0.15) is 8.78 Å². The number of ether oxygens (including phenoxy) is 3. The normalized spacial score (nSPS) is 24.1. The van der Waals surface area contributed by atoms with Crippen LogP contribution in [0.15, 0.2) is 24.3 Å². The number of carbonyl (C=O) groups excluding carboxylic acids is 1. The summed E-state index contributed by atoms with van der Waals surface area (Å²) in [5, 5.41) is 0. The summed E-state index contributed by atoms with van der Waals surface area (Å²) in [5.41, 5.74) is 0.559. The summed E-state index contributed by atoms with van der Waals surface area (Å²) < 4.78 is 74.6. The molecule has 2 aliphatic rings. The van der Waals surface area contributed by atoms with Gasteiger partial charge in [0.1, 0.15) is 0 Å². The van der Waals surface area contributed by atoms with Crippen molar-refractivity contribution in [3.05, 3.63) is 58.7 Å². The molecule has 2 aromatic carbocycles. The number of esters is 1. The lowest BCUT2D eigenvalue weighted by atomic mass is 9.78. The van der Waals surface area contributed by atoms with Gasteiger partial charge in [0.05, 0.1) is 18.6 Å². The topological polar surface area (TPSA) is 44.8 Å². The van der Waals surface area contributed by atoms with Gasteiger partial charge in [-0.25, -0.2) is 8.78 Å². The van der Waals surface area contributed by atoms with E-state index in [0.717, 1.165) is 12.8 Å². The van der Waals surface area contributed by atoms with E-state index in [1.807, 2.05) is 6.92 Å². The zero-order chi connectivity index (χ0) is 26.5. The molecule has 0 saturated heterocycles. The summed E-state index contributed by atoms with van der Waals surface area (Å²) in [5.74, 6) is -6.12. The quantitative estimate of drug-likeness (QED) is 0.204. The van der Waals surface area contributed by atoms with Gasteiger partial charge < -0.3 is 14.2 Å². The molecular formula is C29H34F4O4. The summed E-state index contributed by atoms with van der Waals surface area (Å²) in [7, 11) is 0. The van der Waals surface area contributed by atoms with Crippen molar-refractivity contribution in [1.29, 1.82) is 0 Å². The van der Waals surface area contributed by atoms with E-state index in [-0.39, 0.29) is 35.9 Å². The van der Waals surface area contributed by atoms with Crippen molar-refractivity contribution in [3.63, 3.8) is 0 Å². The van der Waals surface area contributed by atoms with Crippen LogP contribution in [0.2, 0.25) is 0 Å². The van der Waals surface area contributed by atoms with Gasteiger partial charge in [0.2, 0.25) is 11.6 Å². The van der Waals surface area contributed by atoms with Crippen LogP contribution in [0.25, 0.3) is 0 Å². The molecule has 0 unspecified atom stereocenters. The van der Waals surface area contributed by atoms with Crippen molar-refractivity contribution in [1.82, 2.24) is 0 Å². The largest absolute Gasteiger partial charge is 0.491 e. The Morgan fingerprint density at radius 3 is 1.76 bits per heavy atom. The van der Waals surface area contributed by atoms with E-state index in [0.29, 0.717) is 50.7 Å². The molecule has 0 N–H and O–H groups in total. The molecule has 2 fully saturated rings. The van der Waals surface area contributed by atoms with Crippen molar-refractivity contribution in [2.45, 2.75) is 83.2 Å². The highest BCUT2D eigenvalue weighted by Crippen LogP contribution is 2.40. The second-order valence-electron chi connectivity index (χ2n) is 9.89. The number of benzene rings is 2. The summed E-state index contributed by atoms with van der Waals surface area (Å²) in [6.45, 7) is 4.49. The fraction of sp³-hybridized carbons (Fsp3) is 0.552. The van der Waals surface area contributed by atoms with E-state index in [1.54, 1.807) is 6.92 Å². The number of halogens is 4. The first-order chi connectivity index (χ1) is 17.8. The van der Waals surface area contributed by atoms with E-state index < -0.39 is 40.9 Å². The average molecular weight is 523 g/mol. The lowest BCUT2D eigenvalue weighted by Gasteiger charge is -2.29. The van der Waals surface area contributed by atoms with E-state index in [9.17, 15) is 22.4 Å². The molecule has 0 spiro atoms. The van der Waals surface area contributed by atoms with Gasteiger partial charge in [-0.3, -0.25) is 4.79 Å². The number of carbonyl (C=O) groups is 1. The van der Waals surface area contributed by atoms with Crippen molar-refractivity contribution < 1.29 is 36.6 Å².